The molecule has 1 saturated heterocycles. The summed E-state index contributed by atoms with van der Waals surface area (Å²) in [6.07, 6.45) is 5.96. The molecule has 6 nitrogen and oxygen atoms in total. The Morgan fingerprint density at radius 1 is 0.971 bits per heavy atom. The molecule has 34 heavy (non-hydrogen) atoms. The van der Waals surface area contributed by atoms with E-state index in [0.29, 0.717) is 19.4 Å². The van der Waals surface area contributed by atoms with Crippen LogP contribution in [0.2, 0.25) is 0 Å². The van der Waals surface area contributed by atoms with Crippen LogP contribution < -0.4 is 15.4 Å². The average molecular weight is 525 g/mol. The van der Waals surface area contributed by atoms with Crippen LogP contribution in [0.3, 0.4) is 0 Å². The smallest absolute Gasteiger partial charge is 0.249 e. The van der Waals surface area contributed by atoms with Crippen LogP contribution >= 0.6 is 15.9 Å². The fraction of sp³-hybridized carbons (Fsp3) is 0.481. The van der Waals surface area contributed by atoms with Crippen molar-refractivity contribution in [2.75, 3.05) is 6.61 Å². The van der Waals surface area contributed by atoms with Gasteiger partial charge in [0.2, 0.25) is 11.8 Å². The third-order valence-electron chi connectivity index (χ3n) is 8.00. The lowest BCUT2D eigenvalue weighted by molar-refractivity contribution is -0.145. The lowest BCUT2D eigenvalue weighted by Gasteiger charge is -2.37. The maximum absolute atomic E-state index is 13.5. The molecule has 4 atom stereocenters. The molecule has 0 radical (unpaired) electrons. The molecule has 1 saturated carbocycles. The number of rotatable bonds is 4. The van der Waals surface area contributed by atoms with Gasteiger partial charge in [0.15, 0.2) is 0 Å². The summed E-state index contributed by atoms with van der Waals surface area (Å²) in [6.45, 7) is 0.512. The van der Waals surface area contributed by atoms with E-state index in [4.69, 9.17) is 9.47 Å². The molecule has 6 rings (SSSR count). The minimum absolute atomic E-state index is 0.0229. The highest BCUT2D eigenvalue weighted by Gasteiger charge is 2.47. The minimum Gasteiger partial charge on any atom is -0.493 e. The second-order valence-electron chi connectivity index (χ2n) is 10.1. The lowest BCUT2D eigenvalue weighted by Crippen LogP contribution is -2.48. The van der Waals surface area contributed by atoms with Gasteiger partial charge in [-0.2, -0.15) is 0 Å². The second-order valence-corrected chi connectivity index (χ2v) is 11.0. The van der Waals surface area contributed by atoms with Gasteiger partial charge in [0.25, 0.3) is 0 Å². The maximum Gasteiger partial charge on any atom is 0.249 e. The Bertz CT molecular complexity index is 1130. The SMILES string of the molecule is O=C(N[C@@H]1c2ccccc2C[C@H]1NC(=O)C1CCOc2ccc(Br)cc21)C1CCC2(CCC2)O1. The summed E-state index contributed by atoms with van der Waals surface area (Å²) in [7, 11) is 0. The molecule has 2 aliphatic carbocycles. The van der Waals surface area contributed by atoms with Crippen LogP contribution in [-0.2, 0) is 20.7 Å². The molecule has 2 aromatic rings. The van der Waals surface area contributed by atoms with Gasteiger partial charge in [0, 0.05) is 10.0 Å². The summed E-state index contributed by atoms with van der Waals surface area (Å²) in [6, 6.07) is 13.5. The molecule has 7 heteroatoms. The van der Waals surface area contributed by atoms with Crippen LogP contribution in [0.1, 0.15) is 67.2 Å². The molecule has 2 heterocycles. The first-order chi connectivity index (χ1) is 16.5. The van der Waals surface area contributed by atoms with Crippen LogP contribution in [0.25, 0.3) is 0 Å². The zero-order chi connectivity index (χ0) is 23.3. The fourth-order valence-electron chi connectivity index (χ4n) is 6.01. The third-order valence-corrected chi connectivity index (χ3v) is 8.49. The Morgan fingerprint density at radius 3 is 2.62 bits per heavy atom. The molecule has 2 amide bonds. The fourth-order valence-corrected chi connectivity index (χ4v) is 6.39. The van der Waals surface area contributed by atoms with Crippen molar-refractivity contribution >= 4 is 27.7 Å². The van der Waals surface area contributed by atoms with E-state index in [-0.39, 0.29) is 35.4 Å². The molecule has 2 fully saturated rings. The first-order valence-corrected chi connectivity index (χ1v) is 13.1. The number of nitrogens with one attached hydrogen (secondary N) is 2. The van der Waals surface area contributed by atoms with Gasteiger partial charge >= 0.3 is 0 Å². The zero-order valence-corrected chi connectivity index (χ0v) is 20.6. The van der Waals surface area contributed by atoms with E-state index >= 15 is 0 Å². The highest BCUT2D eigenvalue weighted by Crippen LogP contribution is 2.46. The summed E-state index contributed by atoms with van der Waals surface area (Å²) >= 11 is 3.51. The molecule has 2 unspecified atom stereocenters. The molecule has 1 spiro atoms. The number of benzene rings is 2. The van der Waals surface area contributed by atoms with Crippen molar-refractivity contribution in [2.24, 2.45) is 0 Å². The van der Waals surface area contributed by atoms with Crippen molar-refractivity contribution < 1.29 is 19.1 Å². The van der Waals surface area contributed by atoms with Gasteiger partial charge in [-0.05, 0) is 74.3 Å². The van der Waals surface area contributed by atoms with Crippen molar-refractivity contribution in [3.8, 4) is 5.75 Å². The Kier molecular flexibility index (Phi) is 5.65. The Morgan fingerprint density at radius 2 is 1.82 bits per heavy atom. The lowest BCUT2D eigenvalue weighted by atomic mass is 9.78. The summed E-state index contributed by atoms with van der Waals surface area (Å²) in [4.78, 5) is 26.7. The van der Waals surface area contributed by atoms with Crippen LogP contribution in [0.4, 0.5) is 0 Å². The van der Waals surface area contributed by atoms with Crippen molar-refractivity contribution in [3.63, 3.8) is 0 Å². The summed E-state index contributed by atoms with van der Waals surface area (Å²) in [5.74, 6) is 0.394. The maximum atomic E-state index is 13.5. The van der Waals surface area contributed by atoms with Crippen LogP contribution in [0, 0.1) is 0 Å². The predicted molar refractivity (Wildman–Crippen MR) is 131 cm³/mol. The van der Waals surface area contributed by atoms with Crippen LogP contribution in [-0.4, -0.2) is 36.2 Å². The first-order valence-electron chi connectivity index (χ1n) is 12.3. The van der Waals surface area contributed by atoms with E-state index in [1.165, 1.54) is 6.42 Å². The summed E-state index contributed by atoms with van der Waals surface area (Å²) in [5.41, 5.74) is 3.08. The minimum atomic E-state index is -0.399. The highest BCUT2D eigenvalue weighted by atomic mass is 79.9. The largest absolute Gasteiger partial charge is 0.493 e. The van der Waals surface area contributed by atoms with Gasteiger partial charge in [0.1, 0.15) is 11.9 Å². The predicted octanol–water partition coefficient (Wildman–Crippen LogP) is 4.32. The Labute approximate surface area is 207 Å². The molecule has 2 aliphatic heterocycles. The normalized spacial score (nSPS) is 28.4. The van der Waals surface area contributed by atoms with E-state index in [1.54, 1.807) is 0 Å². The highest BCUT2D eigenvalue weighted by molar-refractivity contribution is 9.10. The van der Waals surface area contributed by atoms with Crippen LogP contribution in [0.5, 0.6) is 5.75 Å². The Hall–Kier alpha value is -2.38. The number of hydrogen-bond donors (Lipinski definition) is 2. The number of hydrogen-bond acceptors (Lipinski definition) is 4. The monoisotopic (exact) mass is 524 g/mol. The van der Waals surface area contributed by atoms with Gasteiger partial charge < -0.3 is 20.1 Å². The van der Waals surface area contributed by atoms with E-state index in [1.807, 2.05) is 30.3 Å². The van der Waals surface area contributed by atoms with Gasteiger partial charge in [-0.25, -0.2) is 0 Å². The van der Waals surface area contributed by atoms with Crippen molar-refractivity contribution in [1.82, 2.24) is 10.6 Å². The van der Waals surface area contributed by atoms with Crippen molar-refractivity contribution in [3.05, 3.63) is 63.6 Å². The van der Waals surface area contributed by atoms with E-state index < -0.39 is 6.10 Å². The molecular weight excluding hydrogens is 496 g/mol. The second kappa shape index (κ2) is 8.68. The zero-order valence-electron chi connectivity index (χ0n) is 19.0. The standard InChI is InChI=1S/C27H29BrN2O4/c28-17-6-7-22-20(15-17)19(9-13-33-22)25(31)29-21-14-16-4-1-2-5-18(16)24(21)30-26(32)23-8-12-27(34-23)10-3-11-27/h1-2,4-7,15,19,21,23-24H,3,8-14H2,(H,29,31)(H,30,32)/t19?,21-,23?,24-/m1/s1. The number of carbonyl (C=O) groups excluding carboxylic acids is 2. The topological polar surface area (TPSA) is 76.7 Å². The summed E-state index contributed by atoms with van der Waals surface area (Å²) < 4.78 is 12.9. The quantitative estimate of drug-likeness (QED) is 0.624. The van der Waals surface area contributed by atoms with E-state index in [0.717, 1.165) is 52.6 Å². The molecule has 4 aliphatic rings. The number of halogens is 1. The van der Waals surface area contributed by atoms with Crippen molar-refractivity contribution in [2.45, 2.75) is 74.7 Å². The molecule has 0 aromatic heterocycles. The number of ether oxygens (including phenoxy) is 2. The van der Waals surface area contributed by atoms with Gasteiger partial charge in [-0.15, -0.1) is 0 Å². The Balaban J connectivity index is 1.20. The summed E-state index contributed by atoms with van der Waals surface area (Å²) in [5, 5.41) is 6.51. The number of carbonyl (C=O) groups is 2. The molecule has 0 bridgehead atoms. The molecular formula is C27H29BrN2O4. The first kappa shape index (κ1) is 22.1. The number of amides is 2. The van der Waals surface area contributed by atoms with Crippen LogP contribution in [0.15, 0.2) is 46.9 Å². The molecule has 2 N–H and O–H groups in total. The third kappa shape index (κ3) is 3.93. The van der Waals surface area contributed by atoms with Gasteiger partial charge in [-0.1, -0.05) is 40.2 Å². The van der Waals surface area contributed by atoms with E-state index in [9.17, 15) is 9.59 Å². The molecule has 178 valence electrons. The average Bonchev–Trinajstić information content (AvgIpc) is 3.42. The van der Waals surface area contributed by atoms with Crippen molar-refractivity contribution in [1.29, 1.82) is 0 Å². The van der Waals surface area contributed by atoms with Gasteiger partial charge in [0.05, 0.1) is 30.2 Å². The van der Waals surface area contributed by atoms with E-state index in [2.05, 4.69) is 38.7 Å². The number of fused-ring (bicyclic) bond motifs is 2. The molecule has 2 aromatic carbocycles. The van der Waals surface area contributed by atoms with Gasteiger partial charge in [-0.3, -0.25) is 9.59 Å².